The van der Waals surface area contributed by atoms with Crippen LogP contribution in [0.15, 0.2) is 36.9 Å². The maximum atomic E-state index is 11.9. The SMILES string of the molecule is C=CC(=O)Oc1ccccc1N(C)C(=O)NCNC(=N)N. The fraction of sp³-hybridized carbons (Fsp3) is 0.154. The van der Waals surface area contributed by atoms with Crippen molar-refractivity contribution >= 4 is 23.6 Å². The lowest BCUT2D eigenvalue weighted by molar-refractivity contribution is -0.128. The highest BCUT2D eigenvalue weighted by Crippen LogP contribution is 2.27. The van der Waals surface area contributed by atoms with Gasteiger partial charge in [0.05, 0.1) is 12.4 Å². The minimum atomic E-state index is -0.616. The van der Waals surface area contributed by atoms with Crippen molar-refractivity contribution in [2.24, 2.45) is 5.73 Å². The summed E-state index contributed by atoms with van der Waals surface area (Å²) >= 11 is 0. The second-order valence-electron chi connectivity index (χ2n) is 3.90. The zero-order valence-electron chi connectivity index (χ0n) is 11.6. The highest BCUT2D eigenvalue weighted by Gasteiger charge is 2.15. The van der Waals surface area contributed by atoms with Crippen molar-refractivity contribution in [3.8, 4) is 5.75 Å². The molecule has 0 saturated heterocycles. The second-order valence-corrected chi connectivity index (χ2v) is 3.90. The van der Waals surface area contributed by atoms with E-state index in [4.69, 9.17) is 15.9 Å². The van der Waals surface area contributed by atoms with Crippen molar-refractivity contribution in [3.05, 3.63) is 36.9 Å². The number of esters is 1. The molecule has 0 spiro atoms. The molecule has 8 heteroatoms. The van der Waals surface area contributed by atoms with Crippen LogP contribution in [0.5, 0.6) is 5.75 Å². The number of urea groups is 1. The monoisotopic (exact) mass is 291 g/mol. The predicted octanol–water partition coefficient (Wildman–Crippen LogP) is 0.364. The number of benzene rings is 1. The van der Waals surface area contributed by atoms with E-state index in [1.54, 1.807) is 24.3 Å². The van der Waals surface area contributed by atoms with Crippen LogP contribution in [0.2, 0.25) is 0 Å². The largest absolute Gasteiger partial charge is 0.421 e. The van der Waals surface area contributed by atoms with Gasteiger partial charge >= 0.3 is 12.0 Å². The number of nitrogens with one attached hydrogen (secondary N) is 3. The Kier molecular flexibility index (Phi) is 5.75. The first-order chi connectivity index (χ1) is 9.95. The number of rotatable bonds is 5. The van der Waals surface area contributed by atoms with Gasteiger partial charge in [0.15, 0.2) is 11.7 Å². The third-order valence-corrected chi connectivity index (χ3v) is 2.43. The third kappa shape index (κ3) is 4.86. The molecule has 0 atom stereocenters. The minimum absolute atomic E-state index is 0.00706. The van der Waals surface area contributed by atoms with Crippen molar-refractivity contribution in [1.82, 2.24) is 10.6 Å². The van der Waals surface area contributed by atoms with E-state index in [0.717, 1.165) is 6.08 Å². The van der Waals surface area contributed by atoms with Gasteiger partial charge in [-0.15, -0.1) is 0 Å². The third-order valence-electron chi connectivity index (χ3n) is 2.43. The number of hydrogen-bond donors (Lipinski definition) is 4. The molecule has 0 aliphatic carbocycles. The molecule has 1 aromatic carbocycles. The summed E-state index contributed by atoms with van der Waals surface area (Å²) in [6.07, 6.45) is 1.04. The van der Waals surface area contributed by atoms with Crippen LogP contribution in [-0.2, 0) is 4.79 Å². The topological polar surface area (TPSA) is 121 Å². The Balaban J connectivity index is 2.79. The lowest BCUT2D eigenvalue weighted by Gasteiger charge is -2.20. The highest BCUT2D eigenvalue weighted by atomic mass is 16.5. The number of amides is 2. The van der Waals surface area contributed by atoms with Crippen molar-refractivity contribution < 1.29 is 14.3 Å². The highest BCUT2D eigenvalue weighted by molar-refractivity contribution is 5.94. The number of carbonyl (C=O) groups excluding carboxylic acids is 2. The molecule has 21 heavy (non-hydrogen) atoms. The summed E-state index contributed by atoms with van der Waals surface area (Å²) < 4.78 is 5.06. The summed E-state index contributed by atoms with van der Waals surface area (Å²) in [7, 11) is 1.52. The quantitative estimate of drug-likeness (QED) is 0.156. The number of hydrogen-bond acceptors (Lipinski definition) is 4. The van der Waals surface area contributed by atoms with E-state index < -0.39 is 12.0 Å². The van der Waals surface area contributed by atoms with Crippen LogP contribution >= 0.6 is 0 Å². The summed E-state index contributed by atoms with van der Waals surface area (Å²) in [5, 5.41) is 11.9. The Hall–Kier alpha value is -3.03. The molecular weight excluding hydrogens is 274 g/mol. The zero-order chi connectivity index (χ0) is 15.8. The Bertz CT molecular complexity index is 558. The first-order valence-electron chi connectivity index (χ1n) is 5.98. The molecule has 0 saturated carbocycles. The normalized spacial score (nSPS) is 9.38. The summed E-state index contributed by atoms with van der Waals surface area (Å²) in [4.78, 5) is 24.5. The number of nitrogens with two attached hydrogens (primary N) is 1. The smallest absolute Gasteiger partial charge is 0.335 e. The number of guanidine groups is 1. The molecule has 0 bridgehead atoms. The van der Waals surface area contributed by atoms with Gasteiger partial charge in [-0.25, -0.2) is 9.59 Å². The van der Waals surface area contributed by atoms with E-state index in [2.05, 4.69) is 17.2 Å². The van der Waals surface area contributed by atoms with E-state index in [9.17, 15) is 9.59 Å². The molecule has 0 heterocycles. The van der Waals surface area contributed by atoms with Crippen LogP contribution in [0.4, 0.5) is 10.5 Å². The Morgan fingerprint density at radius 3 is 2.71 bits per heavy atom. The van der Waals surface area contributed by atoms with Crippen molar-refractivity contribution in [2.75, 3.05) is 18.6 Å². The lowest BCUT2D eigenvalue weighted by Crippen LogP contribution is -2.45. The number of nitrogens with zero attached hydrogens (tertiary/aromatic N) is 1. The molecule has 2 amide bonds. The van der Waals surface area contributed by atoms with Crippen LogP contribution in [0.3, 0.4) is 0 Å². The molecule has 112 valence electrons. The summed E-state index contributed by atoms with van der Waals surface area (Å²) in [5.74, 6) is -0.632. The molecule has 8 nitrogen and oxygen atoms in total. The number of ether oxygens (including phenoxy) is 1. The maximum absolute atomic E-state index is 11.9. The van der Waals surface area contributed by atoms with E-state index >= 15 is 0 Å². The van der Waals surface area contributed by atoms with Crippen molar-refractivity contribution in [2.45, 2.75) is 0 Å². The molecule has 0 unspecified atom stereocenters. The zero-order valence-corrected chi connectivity index (χ0v) is 11.6. The van der Waals surface area contributed by atoms with Crippen LogP contribution < -0.4 is 26.0 Å². The van der Waals surface area contributed by atoms with Crippen molar-refractivity contribution in [1.29, 1.82) is 5.41 Å². The fourth-order valence-corrected chi connectivity index (χ4v) is 1.41. The number of anilines is 1. The standard InChI is InChI=1S/C13H17N5O3/c1-3-11(19)21-10-7-5-4-6-9(10)18(2)13(20)17-8-16-12(14)15/h3-7H,1,8H2,2H3,(H,17,20)(H4,14,15,16). The number of carbonyl (C=O) groups is 2. The predicted molar refractivity (Wildman–Crippen MR) is 79.1 cm³/mol. The fourth-order valence-electron chi connectivity index (χ4n) is 1.41. The van der Waals surface area contributed by atoms with Gasteiger partial charge in [0.1, 0.15) is 0 Å². The molecule has 5 N–H and O–H groups in total. The Morgan fingerprint density at radius 1 is 1.43 bits per heavy atom. The molecule has 0 aliphatic rings. The van der Waals surface area contributed by atoms with Crippen molar-refractivity contribution in [3.63, 3.8) is 0 Å². The van der Waals surface area contributed by atoms with Crippen LogP contribution in [0, 0.1) is 5.41 Å². The Labute approximate surface area is 122 Å². The van der Waals surface area contributed by atoms with Gasteiger partial charge in [0.2, 0.25) is 0 Å². The summed E-state index contributed by atoms with van der Waals surface area (Å²) in [6.45, 7) is 3.32. The first kappa shape index (κ1) is 16.0. The van der Waals surface area contributed by atoms with Gasteiger partial charge in [-0.3, -0.25) is 10.3 Å². The van der Waals surface area contributed by atoms with E-state index in [1.165, 1.54) is 11.9 Å². The molecule has 0 radical (unpaired) electrons. The van der Waals surface area contributed by atoms with Gasteiger partial charge in [0, 0.05) is 13.1 Å². The van der Waals surface area contributed by atoms with E-state index in [1.807, 2.05) is 0 Å². The first-order valence-corrected chi connectivity index (χ1v) is 5.98. The average molecular weight is 291 g/mol. The summed E-state index contributed by atoms with van der Waals surface area (Å²) in [6, 6.07) is 6.12. The minimum Gasteiger partial charge on any atom is -0.421 e. The molecule has 0 fully saturated rings. The molecular formula is C13H17N5O3. The van der Waals surface area contributed by atoms with E-state index in [0.29, 0.717) is 5.69 Å². The van der Waals surface area contributed by atoms with Gasteiger partial charge in [-0.2, -0.15) is 0 Å². The van der Waals surface area contributed by atoms with Gasteiger partial charge in [-0.1, -0.05) is 18.7 Å². The van der Waals surface area contributed by atoms with Crippen LogP contribution in [0.1, 0.15) is 0 Å². The molecule has 0 aromatic heterocycles. The van der Waals surface area contributed by atoms with E-state index in [-0.39, 0.29) is 18.4 Å². The van der Waals surface area contributed by atoms with Gasteiger partial charge in [0.25, 0.3) is 0 Å². The molecule has 1 aromatic rings. The second kappa shape index (κ2) is 7.53. The van der Waals surface area contributed by atoms with Gasteiger partial charge in [-0.05, 0) is 12.1 Å². The Morgan fingerprint density at radius 2 is 2.10 bits per heavy atom. The molecule has 0 aliphatic heterocycles. The number of para-hydroxylation sites is 2. The van der Waals surface area contributed by atoms with Crippen LogP contribution in [-0.4, -0.2) is 31.7 Å². The molecule has 1 rings (SSSR count). The van der Waals surface area contributed by atoms with Gasteiger partial charge < -0.3 is 21.1 Å². The maximum Gasteiger partial charge on any atom is 0.335 e. The summed E-state index contributed by atoms with van der Waals surface area (Å²) in [5.41, 5.74) is 5.51. The average Bonchev–Trinajstić information content (AvgIpc) is 2.46. The van der Waals surface area contributed by atoms with Crippen LogP contribution in [0.25, 0.3) is 0 Å². The lowest BCUT2D eigenvalue weighted by atomic mass is 10.3.